The molecule has 0 aromatic heterocycles. The van der Waals surface area contributed by atoms with Gasteiger partial charge in [0.15, 0.2) is 0 Å². The van der Waals surface area contributed by atoms with E-state index in [1.54, 1.807) is 0 Å². The Kier molecular flexibility index (Phi) is 5.12. The van der Waals surface area contributed by atoms with Crippen molar-refractivity contribution in [2.45, 2.75) is 45.6 Å². The molecule has 1 unspecified atom stereocenters. The Morgan fingerprint density at radius 2 is 2.16 bits per heavy atom. The van der Waals surface area contributed by atoms with E-state index in [-0.39, 0.29) is 6.04 Å². The van der Waals surface area contributed by atoms with E-state index in [0.717, 1.165) is 29.5 Å². The minimum Gasteiger partial charge on any atom is -0.371 e. The van der Waals surface area contributed by atoms with E-state index in [4.69, 9.17) is 17.3 Å². The average molecular weight is 281 g/mol. The van der Waals surface area contributed by atoms with Crippen LogP contribution >= 0.6 is 11.6 Å². The Morgan fingerprint density at radius 1 is 1.42 bits per heavy atom. The zero-order chi connectivity index (χ0) is 13.8. The van der Waals surface area contributed by atoms with Crippen molar-refractivity contribution in [3.63, 3.8) is 0 Å². The molecule has 0 heterocycles. The Balaban J connectivity index is 2.10. The summed E-state index contributed by atoms with van der Waals surface area (Å²) in [5.41, 5.74) is 8.26. The molecule has 2 N–H and O–H groups in total. The van der Waals surface area contributed by atoms with Gasteiger partial charge < -0.3 is 10.6 Å². The van der Waals surface area contributed by atoms with Crippen molar-refractivity contribution < 1.29 is 0 Å². The molecule has 1 aromatic carbocycles. The third kappa shape index (κ3) is 4.39. The fourth-order valence-corrected chi connectivity index (χ4v) is 2.71. The summed E-state index contributed by atoms with van der Waals surface area (Å²) in [6.07, 6.45) is 4.79. The topological polar surface area (TPSA) is 29.3 Å². The highest BCUT2D eigenvalue weighted by Crippen LogP contribution is 2.32. The summed E-state index contributed by atoms with van der Waals surface area (Å²) in [4.78, 5) is 2.47. The smallest absolute Gasteiger partial charge is 0.0459 e. The molecule has 0 spiro atoms. The molecule has 1 aliphatic carbocycles. The molecule has 0 amide bonds. The third-order valence-corrected chi connectivity index (χ3v) is 3.96. The quantitative estimate of drug-likeness (QED) is 0.822. The Bertz CT molecular complexity index is 413. The van der Waals surface area contributed by atoms with Gasteiger partial charge in [0.05, 0.1) is 0 Å². The lowest BCUT2D eigenvalue weighted by atomic mass is 10.1. The number of nitrogens with two attached hydrogens (primary N) is 1. The highest BCUT2D eigenvalue weighted by Gasteiger charge is 2.24. The highest BCUT2D eigenvalue weighted by atomic mass is 35.5. The lowest BCUT2D eigenvalue weighted by molar-refractivity contribution is 0.707. The fourth-order valence-electron chi connectivity index (χ4n) is 2.45. The van der Waals surface area contributed by atoms with Crippen LogP contribution in [-0.2, 0) is 6.42 Å². The minimum atomic E-state index is 0.154. The predicted molar refractivity (Wildman–Crippen MR) is 84.0 cm³/mol. The number of hydrogen-bond donors (Lipinski definition) is 1. The zero-order valence-electron chi connectivity index (χ0n) is 12.0. The van der Waals surface area contributed by atoms with Gasteiger partial charge in [-0.05, 0) is 56.2 Å². The number of halogens is 1. The molecule has 1 saturated carbocycles. The summed E-state index contributed by atoms with van der Waals surface area (Å²) < 4.78 is 0. The minimum absolute atomic E-state index is 0.154. The van der Waals surface area contributed by atoms with Crippen LogP contribution < -0.4 is 10.6 Å². The number of nitrogens with zero attached hydrogens (tertiary/aromatic N) is 1. The maximum atomic E-state index is 6.39. The molecule has 2 nitrogen and oxygen atoms in total. The van der Waals surface area contributed by atoms with Gasteiger partial charge in [0.25, 0.3) is 0 Å². The van der Waals surface area contributed by atoms with E-state index < -0.39 is 0 Å². The van der Waals surface area contributed by atoms with Crippen molar-refractivity contribution in [3.05, 3.63) is 28.8 Å². The SMILES string of the molecule is CCCN(CC1CC1)c1ccc(CC(C)N)c(Cl)c1. The van der Waals surface area contributed by atoms with E-state index in [1.807, 2.05) is 6.92 Å². The summed E-state index contributed by atoms with van der Waals surface area (Å²) in [6.45, 7) is 6.53. The van der Waals surface area contributed by atoms with Crippen LogP contribution in [0.2, 0.25) is 5.02 Å². The van der Waals surface area contributed by atoms with Gasteiger partial charge in [0, 0.05) is 29.8 Å². The summed E-state index contributed by atoms with van der Waals surface area (Å²) >= 11 is 6.39. The summed E-state index contributed by atoms with van der Waals surface area (Å²) in [7, 11) is 0. The average Bonchev–Trinajstić information content (AvgIpc) is 3.15. The Labute approximate surface area is 121 Å². The third-order valence-electron chi connectivity index (χ3n) is 3.61. The molecule has 1 aromatic rings. The van der Waals surface area contributed by atoms with Gasteiger partial charge in [-0.1, -0.05) is 24.6 Å². The molecular formula is C16H25ClN2. The second-order valence-corrected chi connectivity index (χ2v) is 6.25. The van der Waals surface area contributed by atoms with Gasteiger partial charge in [0.2, 0.25) is 0 Å². The lowest BCUT2D eigenvalue weighted by Gasteiger charge is -2.25. The van der Waals surface area contributed by atoms with Crippen molar-refractivity contribution in [2.24, 2.45) is 11.7 Å². The first kappa shape index (κ1) is 14.7. The molecule has 106 valence electrons. The van der Waals surface area contributed by atoms with Crippen molar-refractivity contribution in [1.29, 1.82) is 0 Å². The van der Waals surface area contributed by atoms with Crippen LogP contribution in [0.4, 0.5) is 5.69 Å². The number of benzene rings is 1. The molecule has 0 saturated heterocycles. The Morgan fingerprint density at radius 3 is 2.68 bits per heavy atom. The van der Waals surface area contributed by atoms with Gasteiger partial charge in [-0.15, -0.1) is 0 Å². The van der Waals surface area contributed by atoms with Crippen LogP contribution in [0, 0.1) is 5.92 Å². The van der Waals surface area contributed by atoms with Crippen molar-refractivity contribution in [3.8, 4) is 0 Å². The van der Waals surface area contributed by atoms with Gasteiger partial charge in [-0.2, -0.15) is 0 Å². The van der Waals surface area contributed by atoms with Crippen molar-refractivity contribution in [2.75, 3.05) is 18.0 Å². The molecule has 19 heavy (non-hydrogen) atoms. The summed E-state index contributed by atoms with van der Waals surface area (Å²) in [5.74, 6) is 0.897. The van der Waals surface area contributed by atoms with Gasteiger partial charge >= 0.3 is 0 Å². The number of anilines is 1. The van der Waals surface area contributed by atoms with E-state index in [2.05, 4.69) is 30.0 Å². The molecule has 3 heteroatoms. The first-order valence-corrected chi connectivity index (χ1v) is 7.77. The van der Waals surface area contributed by atoms with E-state index in [0.29, 0.717) is 0 Å². The van der Waals surface area contributed by atoms with Crippen LogP contribution in [-0.4, -0.2) is 19.1 Å². The second kappa shape index (κ2) is 6.62. The molecule has 0 bridgehead atoms. The highest BCUT2D eigenvalue weighted by molar-refractivity contribution is 6.31. The summed E-state index contributed by atoms with van der Waals surface area (Å²) in [6, 6.07) is 6.59. The molecular weight excluding hydrogens is 256 g/mol. The van der Waals surface area contributed by atoms with E-state index in [9.17, 15) is 0 Å². The fraction of sp³-hybridized carbons (Fsp3) is 0.625. The largest absolute Gasteiger partial charge is 0.371 e. The van der Waals surface area contributed by atoms with Crippen molar-refractivity contribution in [1.82, 2.24) is 0 Å². The van der Waals surface area contributed by atoms with Gasteiger partial charge in [-0.25, -0.2) is 0 Å². The first-order valence-electron chi connectivity index (χ1n) is 7.39. The molecule has 1 fully saturated rings. The van der Waals surface area contributed by atoms with Crippen LogP contribution in [0.5, 0.6) is 0 Å². The molecule has 1 atom stereocenters. The van der Waals surface area contributed by atoms with Gasteiger partial charge in [0.1, 0.15) is 0 Å². The molecule has 2 rings (SSSR count). The Hall–Kier alpha value is -0.730. The molecule has 1 aliphatic rings. The lowest BCUT2D eigenvalue weighted by Crippen LogP contribution is -2.26. The van der Waals surface area contributed by atoms with Gasteiger partial charge in [-0.3, -0.25) is 0 Å². The molecule has 0 aliphatic heterocycles. The molecule has 0 radical (unpaired) electrons. The van der Waals surface area contributed by atoms with Crippen LogP contribution in [0.25, 0.3) is 0 Å². The monoisotopic (exact) mass is 280 g/mol. The van der Waals surface area contributed by atoms with E-state index >= 15 is 0 Å². The van der Waals surface area contributed by atoms with Crippen LogP contribution in [0.1, 0.15) is 38.7 Å². The summed E-state index contributed by atoms with van der Waals surface area (Å²) in [5, 5.41) is 0.853. The van der Waals surface area contributed by atoms with Crippen molar-refractivity contribution >= 4 is 17.3 Å². The van der Waals surface area contributed by atoms with Crippen LogP contribution in [0.15, 0.2) is 18.2 Å². The predicted octanol–water partition coefficient (Wildman–Crippen LogP) is 3.86. The second-order valence-electron chi connectivity index (χ2n) is 5.85. The zero-order valence-corrected chi connectivity index (χ0v) is 12.8. The standard InChI is InChI=1S/C16H25ClN2/c1-3-8-19(11-13-4-5-13)15-7-6-14(9-12(2)18)16(17)10-15/h6-7,10,12-13H,3-5,8-9,11,18H2,1-2H3. The maximum Gasteiger partial charge on any atom is 0.0459 e. The van der Waals surface area contributed by atoms with E-state index in [1.165, 1.54) is 31.5 Å². The normalized spacial score (nSPS) is 16.4. The first-order chi connectivity index (χ1) is 9.10. The maximum absolute atomic E-state index is 6.39. The number of hydrogen-bond acceptors (Lipinski definition) is 2. The number of rotatable bonds is 7. The van der Waals surface area contributed by atoms with Crippen LogP contribution in [0.3, 0.4) is 0 Å².